The minimum atomic E-state index is -0.792. The number of ether oxygens (including phenoxy) is 1. The van der Waals surface area contributed by atoms with Gasteiger partial charge in [0.1, 0.15) is 28.0 Å². The molecular formula is C20H19BrF2N2O2. The van der Waals surface area contributed by atoms with Gasteiger partial charge in [0.15, 0.2) is 0 Å². The van der Waals surface area contributed by atoms with E-state index in [-0.39, 0.29) is 10.2 Å². The van der Waals surface area contributed by atoms with Gasteiger partial charge in [-0.3, -0.25) is 9.69 Å². The number of anilines is 1. The molecule has 3 rings (SSSR count). The third kappa shape index (κ3) is 3.69. The van der Waals surface area contributed by atoms with E-state index >= 15 is 0 Å². The number of para-hydroxylation sites is 1. The van der Waals surface area contributed by atoms with Crippen molar-refractivity contribution in [2.24, 2.45) is 0 Å². The van der Waals surface area contributed by atoms with Gasteiger partial charge >= 0.3 is 0 Å². The molecular weight excluding hydrogens is 418 g/mol. The lowest BCUT2D eigenvalue weighted by molar-refractivity contribution is -0.117. The molecule has 0 spiro atoms. The van der Waals surface area contributed by atoms with Gasteiger partial charge in [-0.2, -0.15) is 0 Å². The number of hydrogen-bond donors (Lipinski definition) is 0. The normalized spacial score (nSPS) is 17.5. The molecule has 1 aliphatic rings. The number of carbonyl (C=O) groups excluding carboxylic acids is 1. The molecule has 0 bridgehead atoms. The highest BCUT2D eigenvalue weighted by molar-refractivity contribution is 9.12. The van der Waals surface area contributed by atoms with Crippen molar-refractivity contribution < 1.29 is 18.3 Å². The van der Waals surface area contributed by atoms with Crippen molar-refractivity contribution in [2.45, 2.75) is 19.5 Å². The summed E-state index contributed by atoms with van der Waals surface area (Å²) in [5.41, 5.74) is 0.739. The van der Waals surface area contributed by atoms with E-state index in [1.165, 1.54) is 13.2 Å². The highest BCUT2D eigenvalue weighted by Crippen LogP contribution is 2.35. The number of hydrogen-bond acceptors (Lipinski definition) is 3. The lowest BCUT2D eigenvalue weighted by Gasteiger charge is -2.43. The van der Waals surface area contributed by atoms with Crippen molar-refractivity contribution >= 4 is 27.5 Å². The van der Waals surface area contributed by atoms with Crippen molar-refractivity contribution in [1.29, 1.82) is 0 Å². The number of nitrogens with zero attached hydrogens (tertiary/aromatic N) is 2. The second kappa shape index (κ2) is 8.08. The fourth-order valence-electron chi connectivity index (χ4n) is 3.20. The molecule has 7 heteroatoms. The zero-order valence-electron chi connectivity index (χ0n) is 15.0. The van der Waals surface area contributed by atoms with Gasteiger partial charge < -0.3 is 9.64 Å². The Morgan fingerprint density at radius 3 is 2.30 bits per heavy atom. The fourth-order valence-corrected chi connectivity index (χ4v) is 3.78. The minimum Gasteiger partial charge on any atom is -0.481 e. The van der Waals surface area contributed by atoms with E-state index in [4.69, 9.17) is 4.74 Å². The monoisotopic (exact) mass is 436 g/mol. The summed E-state index contributed by atoms with van der Waals surface area (Å²) >= 11 is 3.24. The van der Waals surface area contributed by atoms with Crippen LogP contribution in [0.2, 0.25) is 0 Å². The molecule has 0 saturated heterocycles. The van der Waals surface area contributed by atoms with Gasteiger partial charge in [-0.25, -0.2) is 8.78 Å². The van der Waals surface area contributed by atoms with Crippen molar-refractivity contribution in [3.05, 3.63) is 76.1 Å². The van der Waals surface area contributed by atoms with Crippen LogP contribution in [0.15, 0.2) is 58.9 Å². The minimum absolute atomic E-state index is 0.124. The summed E-state index contributed by atoms with van der Waals surface area (Å²) in [7, 11) is 1.46. The third-order valence-corrected chi connectivity index (χ3v) is 5.21. The van der Waals surface area contributed by atoms with Gasteiger partial charge in [0.2, 0.25) is 5.88 Å². The number of rotatable bonds is 5. The molecule has 0 aromatic heterocycles. The number of carbonyl (C=O) groups is 1. The predicted molar refractivity (Wildman–Crippen MR) is 103 cm³/mol. The molecule has 0 fully saturated rings. The van der Waals surface area contributed by atoms with E-state index in [2.05, 4.69) is 15.9 Å². The Balaban J connectivity index is 1.98. The Morgan fingerprint density at radius 1 is 1.07 bits per heavy atom. The van der Waals surface area contributed by atoms with Crippen molar-refractivity contribution in [2.75, 3.05) is 18.6 Å². The summed E-state index contributed by atoms with van der Waals surface area (Å²) in [5.74, 6) is -1.80. The first kappa shape index (κ1) is 19.4. The van der Waals surface area contributed by atoms with Gasteiger partial charge in [0, 0.05) is 6.54 Å². The van der Waals surface area contributed by atoms with Crippen LogP contribution < -0.4 is 4.90 Å². The lowest BCUT2D eigenvalue weighted by atomic mass is 10.1. The summed E-state index contributed by atoms with van der Waals surface area (Å²) < 4.78 is 34.2. The Labute approximate surface area is 165 Å². The lowest BCUT2D eigenvalue weighted by Crippen LogP contribution is -2.55. The van der Waals surface area contributed by atoms with Crippen LogP contribution in [-0.2, 0) is 16.0 Å². The third-order valence-electron chi connectivity index (χ3n) is 4.54. The van der Waals surface area contributed by atoms with Gasteiger partial charge in [-0.15, -0.1) is 0 Å². The van der Waals surface area contributed by atoms with Crippen molar-refractivity contribution in [1.82, 2.24) is 4.90 Å². The summed E-state index contributed by atoms with van der Waals surface area (Å²) in [4.78, 5) is 15.7. The Hall–Kier alpha value is -2.41. The van der Waals surface area contributed by atoms with Crippen LogP contribution in [-0.4, -0.2) is 30.6 Å². The van der Waals surface area contributed by atoms with Gasteiger partial charge in [0.25, 0.3) is 5.91 Å². The maximum absolute atomic E-state index is 14.4. The maximum atomic E-state index is 14.4. The van der Waals surface area contributed by atoms with Crippen LogP contribution in [0.1, 0.15) is 12.5 Å². The molecule has 1 amide bonds. The van der Waals surface area contributed by atoms with Crippen molar-refractivity contribution in [3.8, 4) is 0 Å². The highest BCUT2D eigenvalue weighted by Gasteiger charge is 2.40. The largest absolute Gasteiger partial charge is 0.481 e. The standard InChI is InChI=1S/C20H19BrF2N2O2/c1-13-24(12-11-14-7-4-3-5-8-14)20(27-2)17(21)19(26)25(13)18-15(22)9-6-10-16(18)23/h3-10,13H,11-12H2,1-2H3. The van der Waals surface area contributed by atoms with Crippen LogP contribution in [0.25, 0.3) is 0 Å². The molecule has 0 N–H and O–H groups in total. The summed E-state index contributed by atoms with van der Waals surface area (Å²) in [6.45, 7) is 2.22. The van der Waals surface area contributed by atoms with Crippen LogP contribution in [0.4, 0.5) is 14.5 Å². The second-order valence-corrected chi connectivity index (χ2v) is 6.92. The summed E-state index contributed by atoms with van der Waals surface area (Å²) in [5, 5.41) is 0. The average Bonchev–Trinajstić information content (AvgIpc) is 2.66. The molecule has 0 saturated carbocycles. The van der Waals surface area contributed by atoms with E-state index in [1.807, 2.05) is 35.2 Å². The molecule has 1 atom stereocenters. The zero-order chi connectivity index (χ0) is 19.6. The molecule has 4 nitrogen and oxygen atoms in total. The Bertz CT molecular complexity index is 853. The maximum Gasteiger partial charge on any atom is 0.272 e. The van der Waals surface area contributed by atoms with Crippen LogP contribution in [0, 0.1) is 11.6 Å². The fraction of sp³-hybridized carbons (Fsp3) is 0.250. The molecule has 1 aliphatic heterocycles. The molecule has 0 aliphatic carbocycles. The first-order valence-corrected chi connectivity index (χ1v) is 9.27. The van der Waals surface area contributed by atoms with E-state index < -0.39 is 23.7 Å². The number of amides is 1. The average molecular weight is 437 g/mol. The van der Waals surface area contributed by atoms with E-state index in [0.717, 1.165) is 22.6 Å². The predicted octanol–water partition coefficient (Wildman–Crippen LogP) is 4.41. The van der Waals surface area contributed by atoms with Gasteiger partial charge in [-0.1, -0.05) is 36.4 Å². The van der Waals surface area contributed by atoms with Gasteiger partial charge in [0.05, 0.1) is 7.11 Å². The van der Waals surface area contributed by atoms with E-state index in [1.54, 1.807) is 6.92 Å². The molecule has 1 unspecified atom stereocenters. The zero-order valence-corrected chi connectivity index (χ0v) is 16.5. The molecule has 0 radical (unpaired) electrons. The van der Waals surface area contributed by atoms with Crippen LogP contribution in [0.3, 0.4) is 0 Å². The van der Waals surface area contributed by atoms with Crippen LogP contribution >= 0.6 is 15.9 Å². The topological polar surface area (TPSA) is 32.8 Å². The smallest absolute Gasteiger partial charge is 0.272 e. The summed E-state index contributed by atoms with van der Waals surface area (Å²) in [6.07, 6.45) is 0.0453. The molecule has 2 aromatic carbocycles. The highest BCUT2D eigenvalue weighted by atomic mass is 79.9. The number of methoxy groups -OCH3 is 1. The Kier molecular flexibility index (Phi) is 5.79. The van der Waals surface area contributed by atoms with E-state index in [9.17, 15) is 13.6 Å². The van der Waals surface area contributed by atoms with Crippen LogP contribution in [0.5, 0.6) is 0 Å². The van der Waals surface area contributed by atoms with E-state index in [0.29, 0.717) is 18.8 Å². The first-order chi connectivity index (χ1) is 13.0. The van der Waals surface area contributed by atoms with Gasteiger partial charge in [-0.05, 0) is 47.0 Å². The SMILES string of the molecule is COC1=C(Br)C(=O)N(c2c(F)cccc2F)C(C)N1CCc1ccccc1. The molecule has 27 heavy (non-hydrogen) atoms. The second-order valence-electron chi connectivity index (χ2n) is 6.13. The van der Waals surface area contributed by atoms with Crippen molar-refractivity contribution in [3.63, 3.8) is 0 Å². The molecule has 2 aromatic rings. The summed E-state index contributed by atoms with van der Waals surface area (Å²) in [6, 6.07) is 13.4. The quantitative estimate of drug-likeness (QED) is 0.695. The Morgan fingerprint density at radius 2 is 1.70 bits per heavy atom. The number of halogens is 3. The first-order valence-electron chi connectivity index (χ1n) is 8.47. The number of benzene rings is 2. The molecule has 1 heterocycles. The molecule has 142 valence electrons.